The monoisotopic (exact) mass is 250 g/mol. The predicted octanol–water partition coefficient (Wildman–Crippen LogP) is 2.18. The van der Waals surface area contributed by atoms with Crippen LogP contribution in [0.5, 0.6) is 0 Å². The predicted molar refractivity (Wildman–Crippen MR) is 54.5 cm³/mol. The van der Waals surface area contributed by atoms with Gasteiger partial charge in [-0.15, -0.1) is 0 Å². The maximum Gasteiger partial charge on any atom is 0.339 e. The van der Waals surface area contributed by atoms with Crippen LogP contribution in [0, 0.1) is 10.1 Å². The lowest BCUT2D eigenvalue weighted by molar-refractivity contribution is -0.383. The van der Waals surface area contributed by atoms with Gasteiger partial charge in [-0.2, -0.15) is 0 Å². The normalized spacial score (nSPS) is 10.0. The minimum Gasteiger partial charge on any atom is -0.478 e. The van der Waals surface area contributed by atoms with Gasteiger partial charge in [0, 0.05) is 6.07 Å². The van der Waals surface area contributed by atoms with Crippen molar-refractivity contribution in [3.05, 3.63) is 31.8 Å². The molecule has 0 aliphatic carbocycles. The number of hydrogen-bond acceptors (Lipinski definition) is 4. The van der Waals surface area contributed by atoms with E-state index in [1.54, 1.807) is 0 Å². The van der Waals surface area contributed by atoms with E-state index < -0.39 is 27.8 Å². The first kappa shape index (κ1) is 11.5. The number of carboxylic acid groups (broad SMARTS) is 1. The molecule has 0 saturated heterocycles. The summed E-state index contributed by atoms with van der Waals surface area (Å²) in [7, 11) is 0. The third-order valence-electron chi connectivity index (χ3n) is 1.65. The highest BCUT2D eigenvalue weighted by molar-refractivity contribution is 6.44. The highest BCUT2D eigenvalue weighted by Crippen LogP contribution is 2.36. The lowest BCUT2D eigenvalue weighted by atomic mass is 10.1. The van der Waals surface area contributed by atoms with E-state index in [2.05, 4.69) is 0 Å². The van der Waals surface area contributed by atoms with Gasteiger partial charge >= 0.3 is 5.97 Å². The summed E-state index contributed by atoms with van der Waals surface area (Å²) < 4.78 is 0. The van der Waals surface area contributed by atoms with Crippen LogP contribution in [-0.2, 0) is 0 Å². The number of anilines is 1. The Hall–Kier alpha value is -1.53. The SMILES string of the molecule is Nc1c([N+](=O)[O-])cc(Cl)c(Cl)c1C(=O)O. The fourth-order valence-corrected chi connectivity index (χ4v) is 1.42. The molecule has 1 aromatic carbocycles. The van der Waals surface area contributed by atoms with Crippen molar-refractivity contribution in [2.24, 2.45) is 0 Å². The number of halogens is 2. The zero-order valence-electron chi connectivity index (χ0n) is 7.03. The number of nitrogen functional groups attached to an aromatic ring is 1. The molecule has 0 unspecified atom stereocenters. The Kier molecular flexibility index (Phi) is 3.01. The van der Waals surface area contributed by atoms with Crippen LogP contribution in [0.3, 0.4) is 0 Å². The van der Waals surface area contributed by atoms with Crippen molar-refractivity contribution in [3.63, 3.8) is 0 Å². The molecule has 0 spiro atoms. The van der Waals surface area contributed by atoms with Gasteiger partial charge in [0.2, 0.25) is 0 Å². The molecular formula is C7H4Cl2N2O4. The smallest absolute Gasteiger partial charge is 0.339 e. The molecule has 1 rings (SSSR count). The highest BCUT2D eigenvalue weighted by atomic mass is 35.5. The molecule has 15 heavy (non-hydrogen) atoms. The average molecular weight is 251 g/mol. The maximum absolute atomic E-state index is 10.7. The van der Waals surface area contributed by atoms with Crippen molar-refractivity contribution in [2.75, 3.05) is 5.73 Å². The zero-order valence-corrected chi connectivity index (χ0v) is 8.54. The first-order chi connectivity index (χ1) is 6.86. The van der Waals surface area contributed by atoms with Crippen molar-refractivity contribution in [1.82, 2.24) is 0 Å². The maximum atomic E-state index is 10.7. The Labute approximate surface area is 93.4 Å². The van der Waals surface area contributed by atoms with Crippen LogP contribution >= 0.6 is 23.2 Å². The third kappa shape index (κ3) is 1.95. The number of aromatic carboxylic acids is 1. The highest BCUT2D eigenvalue weighted by Gasteiger charge is 2.25. The second-order valence-electron chi connectivity index (χ2n) is 2.54. The molecule has 0 radical (unpaired) electrons. The molecule has 1 aromatic rings. The van der Waals surface area contributed by atoms with E-state index in [-0.39, 0.29) is 10.0 Å². The number of benzene rings is 1. The van der Waals surface area contributed by atoms with Gasteiger partial charge in [-0.1, -0.05) is 23.2 Å². The lowest BCUT2D eigenvalue weighted by Gasteiger charge is -2.05. The number of carboxylic acids is 1. The van der Waals surface area contributed by atoms with Crippen LogP contribution in [-0.4, -0.2) is 16.0 Å². The van der Waals surface area contributed by atoms with Crippen LogP contribution in [0.2, 0.25) is 10.0 Å². The molecule has 0 aromatic heterocycles. The van der Waals surface area contributed by atoms with Gasteiger partial charge in [0.1, 0.15) is 11.3 Å². The molecular weight excluding hydrogens is 247 g/mol. The van der Waals surface area contributed by atoms with E-state index in [1.165, 1.54) is 0 Å². The van der Waals surface area contributed by atoms with Crippen LogP contribution in [0.25, 0.3) is 0 Å². The number of nitrogens with zero attached hydrogens (tertiary/aromatic N) is 1. The molecule has 0 bridgehead atoms. The Balaban J connectivity index is 3.63. The molecule has 0 aliphatic heterocycles. The van der Waals surface area contributed by atoms with Gasteiger partial charge in [0.05, 0.1) is 15.0 Å². The largest absolute Gasteiger partial charge is 0.478 e. The number of nitro benzene ring substituents is 1. The number of nitrogens with two attached hydrogens (primary N) is 1. The van der Waals surface area contributed by atoms with E-state index in [0.717, 1.165) is 6.07 Å². The van der Waals surface area contributed by atoms with Crippen LogP contribution in [0.4, 0.5) is 11.4 Å². The summed E-state index contributed by atoms with van der Waals surface area (Å²) in [5.74, 6) is -1.47. The van der Waals surface area contributed by atoms with Gasteiger partial charge in [-0.3, -0.25) is 10.1 Å². The summed E-state index contributed by atoms with van der Waals surface area (Å²) in [6.45, 7) is 0. The van der Waals surface area contributed by atoms with Crippen LogP contribution in [0.1, 0.15) is 10.4 Å². The quantitative estimate of drug-likeness (QED) is 0.475. The van der Waals surface area contributed by atoms with E-state index >= 15 is 0 Å². The van der Waals surface area contributed by atoms with Crippen LogP contribution in [0.15, 0.2) is 6.07 Å². The molecule has 0 amide bonds. The number of rotatable bonds is 2. The van der Waals surface area contributed by atoms with Gasteiger partial charge in [0.25, 0.3) is 5.69 Å². The molecule has 0 heterocycles. The number of hydrogen-bond donors (Lipinski definition) is 2. The summed E-state index contributed by atoms with van der Waals surface area (Å²) in [4.78, 5) is 20.4. The minimum absolute atomic E-state index is 0.227. The van der Waals surface area contributed by atoms with Crippen molar-refractivity contribution < 1.29 is 14.8 Å². The number of nitro groups is 1. The molecule has 0 saturated carbocycles. The van der Waals surface area contributed by atoms with E-state index in [1.807, 2.05) is 0 Å². The molecule has 80 valence electrons. The Bertz CT molecular complexity index is 461. The fraction of sp³-hybridized carbons (Fsp3) is 0. The van der Waals surface area contributed by atoms with Crippen molar-refractivity contribution in [1.29, 1.82) is 0 Å². The molecule has 0 aliphatic rings. The van der Waals surface area contributed by atoms with Gasteiger partial charge in [0.15, 0.2) is 0 Å². The third-order valence-corrected chi connectivity index (χ3v) is 2.44. The van der Waals surface area contributed by atoms with E-state index in [0.29, 0.717) is 0 Å². The van der Waals surface area contributed by atoms with Crippen molar-refractivity contribution in [2.45, 2.75) is 0 Å². The lowest BCUT2D eigenvalue weighted by Crippen LogP contribution is -2.06. The van der Waals surface area contributed by atoms with Crippen molar-refractivity contribution >= 4 is 40.5 Å². The second-order valence-corrected chi connectivity index (χ2v) is 3.33. The first-order valence-electron chi connectivity index (χ1n) is 3.51. The summed E-state index contributed by atoms with van der Waals surface area (Å²) in [6, 6.07) is 0.908. The number of carbonyl (C=O) groups is 1. The van der Waals surface area contributed by atoms with Crippen molar-refractivity contribution in [3.8, 4) is 0 Å². The fourth-order valence-electron chi connectivity index (χ4n) is 0.987. The second kappa shape index (κ2) is 3.92. The summed E-state index contributed by atoms with van der Waals surface area (Å²) in [5, 5.41) is 18.7. The topological polar surface area (TPSA) is 106 Å². The van der Waals surface area contributed by atoms with Gasteiger partial charge in [-0.05, 0) is 0 Å². The molecule has 6 nitrogen and oxygen atoms in total. The standard InChI is InChI=1S/C7H4Cl2N2O4/c8-2-1-3(11(14)15)6(10)4(5(2)9)7(12)13/h1H,10H2,(H,12,13). The Morgan fingerprint density at radius 3 is 2.47 bits per heavy atom. The van der Waals surface area contributed by atoms with Crippen LogP contribution < -0.4 is 5.73 Å². The summed E-state index contributed by atoms with van der Waals surface area (Å²) in [5.41, 5.74) is 3.64. The summed E-state index contributed by atoms with van der Waals surface area (Å²) in [6.07, 6.45) is 0. The minimum atomic E-state index is -1.47. The zero-order chi connectivity index (χ0) is 11.7. The molecule has 0 fully saturated rings. The van der Waals surface area contributed by atoms with Gasteiger partial charge < -0.3 is 10.8 Å². The summed E-state index contributed by atoms with van der Waals surface area (Å²) >= 11 is 11.1. The molecule has 8 heteroatoms. The molecule has 3 N–H and O–H groups in total. The van der Waals surface area contributed by atoms with Gasteiger partial charge in [-0.25, -0.2) is 4.79 Å². The van der Waals surface area contributed by atoms with E-state index in [4.69, 9.17) is 34.0 Å². The van der Waals surface area contributed by atoms with E-state index in [9.17, 15) is 14.9 Å². The average Bonchev–Trinajstić information content (AvgIpc) is 2.10. The Morgan fingerprint density at radius 2 is 2.07 bits per heavy atom. The Morgan fingerprint density at radius 1 is 1.53 bits per heavy atom. The first-order valence-corrected chi connectivity index (χ1v) is 4.27. The molecule has 0 atom stereocenters.